The van der Waals surface area contributed by atoms with Crippen LogP contribution in [-0.4, -0.2) is 13.7 Å². The lowest BCUT2D eigenvalue weighted by Gasteiger charge is -2.34. The molecule has 4 heteroatoms. The quantitative estimate of drug-likeness (QED) is 0.122. The molecule has 530 valence electrons. The number of fused-ring (bicyclic) bond motifs is 15. The van der Waals surface area contributed by atoms with Crippen LogP contribution < -0.4 is 5.32 Å². The molecule has 21 rings (SSSR count). The van der Waals surface area contributed by atoms with E-state index in [0.717, 1.165) is 24.2 Å². The molecule has 2 aliphatic carbocycles. The van der Waals surface area contributed by atoms with Crippen molar-refractivity contribution in [3.8, 4) is 100 Å². The van der Waals surface area contributed by atoms with Crippen LogP contribution in [0.2, 0.25) is 0 Å². The summed E-state index contributed by atoms with van der Waals surface area (Å²) in [5.74, 6) is 1.26. The van der Waals surface area contributed by atoms with Crippen LogP contribution in [0.1, 0.15) is 84.7 Å². The highest BCUT2D eigenvalue weighted by Gasteiger charge is 2.34. The molecule has 4 nitrogen and oxygen atoms in total. The number of aryl methyl sites for hydroxylation is 1. The van der Waals surface area contributed by atoms with Crippen molar-refractivity contribution in [2.45, 2.75) is 64.2 Å². The third-order valence-electron chi connectivity index (χ3n) is 25.2. The number of nitrogens with zero attached hydrogens (tertiary/aromatic N) is 3. The molecule has 0 saturated heterocycles. The Kier molecular flexibility index (Phi) is 15.8. The molecule has 0 radical (unpaired) electrons. The average molecular weight is 1420 g/mol. The van der Waals surface area contributed by atoms with Crippen molar-refractivity contribution in [3.05, 3.63) is 385 Å². The van der Waals surface area contributed by atoms with E-state index >= 15 is 0 Å². The predicted octanol–water partition coefficient (Wildman–Crippen LogP) is 28.8. The molecule has 4 atom stereocenters. The second kappa shape index (κ2) is 26.5. The molecule has 0 spiro atoms. The van der Waals surface area contributed by atoms with E-state index in [9.17, 15) is 0 Å². The Morgan fingerprint density at radius 2 is 0.802 bits per heavy atom. The summed E-state index contributed by atoms with van der Waals surface area (Å²) in [4.78, 5) is 0. The van der Waals surface area contributed by atoms with Crippen molar-refractivity contribution in [1.82, 2.24) is 13.7 Å². The zero-order chi connectivity index (χ0) is 74.1. The van der Waals surface area contributed by atoms with E-state index in [0.29, 0.717) is 17.8 Å². The summed E-state index contributed by atoms with van der Waals surface area (Å²) < 4.78 is 7.47. The maximum Gasteiger partial charge on any atom is 0.0562 e. The molecule has 2 aliphatic rings. The fourth-order valence-electron chi connectivity index (χ4n) is 19.5. The monoisotopic (exact) mass is 1420 g/mol. The van der Waals surface area contributed by atoms with Crippen LogP contribution in [0, 0.1) is 0 Å². The summed E-state index contributed by atoms with van der Waals surface area (Å²) in [6.07, 6.45) is 1.75. The van der Waals surface area contributed by atoms with Gasteiger partial charge >= 0.3 is 0 Å². The van der Waals surface area contributed by atoms with E-state index in [4.69, 9.17) is 0 Å². The highest BCUT2D eigenvalue weighted by molar-refractivity contribution is 6.20. The standard InChI is InChI=1S/C107H82N4/c1-6-81-85(89-43-14-17-48-99(89)108-79-38-24-36-77(60-79)75-34-21-31-72(57-75)70-28-8-7-9-29-70)47-26-51-101(81)111-103-52-25-46-84(107(103)98-62-95-86-41-12-10-39-82(86)66(2)67(3)93(95)64-105(98)111)78-37-23-35-76(59-78)74-33-22-32-73(58-74)71-30-20-27-69(55-71)56-92-68(4)83-40-11-13-42-87(83)94-61-80(53-54-88(92)94)110-102-50-19-16-45-91(102)97-63-96-90-44-15-18-49-100(90)109(5)104(96)65-106(97)110/h7-55,57-68,92,108H,6,56H2,1-5H3. The van der Waals surface area contributed by atoms with Crippen molar-refractivity contribution in [2.24, 2.45) is 7.05 Å². The molecule has 16 aromatic carbocycles. The van der Waals surface area contributed by atoms with E-state index < -0.39 is 0 Å². The Hall–Kier alpha value is -13.3. The summed E-state index contributed by atoms with van der Waals surface area (Å²) in [5.41, 5.74) is 39.8. The minimum atomic E-state index is 0.267. The van der Waals surface area contributed by atoms with Gasteiger partial charge < -0.3 is 19.0 Å². The van der Waals surface area contributed by atoms with Crippen LogP contribution in [0.5, 0.6) is 0 Å². The fraction of sp³-hybridized carbons (Fsp3) is 0.103. The molecule has 1 N–H and O–H groups in total. The number of para-hydroxylation sites is 3. The van der Waals surface area contributed by atoms with Gasteiger partial charge in [0, 0.05) is 73.2 Å². The van der Waals surface area contributed by atoms with E-state index in [1.807, 2.05) is 0 Å². The minimum absolute atomic E-state index is 0.267. The number of hydrogen-bond acceptors (Lipinski definition) is 1. The Balaban J connectivity index is 0.630. The minimum Gasteiger partial charge on any atom is -0.355 e. The Morgan fingerprint density at radius 3 is 1.54 bits per heavy atom. The lowest BCUT2D eigenvalue weighted by atomic mass is 9.70. The summed E-state index contributed by atoms with van der Waals surface area (Å²) in [6.45, 7) is 9.62. The smallest absolute Gasteiger partial charge is 0.0562 e. The molecule has 0 saturated carbocycles. The van der Waals surface area contributed by atoms with Gasteiger partial charge in [-0.2, -0.15) is 0 Å². The summed E-state index contributed by atoms with van der Waals surface area (Å²) >= 11 is 0. The van der Waals surface area contributed by atoms with Gasteiger partial charge in [-0.05, 0) is 250 Å². The maximum absolute atomic E-state index is 3.93. The molecule has 19 aromatic rings. The van der Waals surface area contributed by atoms with Crippen LogP contribution in [0.25, 0.3) is 166 Å². The zero-order valence-electron chi connectivity index (χ0n) is 63.1. The van der Waals surface area contributed by atoms with Gasteiger partial charge in [-0.25, -0.2) is 0 Å². The second-order valence-corrected chi connectivity index (χ2v) is 31.1. The summed E-state index contributed by atoms with van der Waals surface area (Å²) in [6, 6.07) is 132. The first-order valence-electron chi connectivity index (χ1n) is 39.6. The van der Waals surface area contributed by atoms with Crippen LogP contribution in [0.15, 0.2) is 352 Å². The molecule has 0 amide bonds. The molecule has 0 aliphatic heterocycles. The first-order chi connectivity index (χ1) is 54.7. The fourth-order valence-corrected chi connectivity index (χ4v) is 19.5. The van der Waals surface area contributed by atoms with Crippen LogP contribution in [0.3, 0.4) is 0 Å². The molecular formula is C107H82N4. The van der Waals surface area contributed by atoms with Crippen molar-refractivity contribution in [3.63, 3.8) is 0 Å². The van der Waals surface area contributed by atoms with Gasteiger partial charge in [-0.15, -0.1) is 0 Å². The van der Waals surface area contributed by atoms with Gasteiger partial charge in [-0.1, -0.05) is 282 Å². The van der Waals surface area contributed by atoms with Gasteiger partial charge in [0.25, 0.3) is 0 Å². The van der Waals surface area contributed by atoms with Crippen LogP contribution in [-0.2, 0) is 19.9 Å². The number of benzene rings is 16. The van der Waals surface area contributed by atoms with Gasteiger partial charge in [0.2, 0.25) is 0 Å². The number of anilines is 2. The largest absolute Gasteiger partial charge is 0.355 e. The van der Waals surface area contributed by atoms with Crippen molar-refractivity contribution >= 4 is 76.8 Å². The lowest BCUT2D eigenvalue weighted by molar-refractivity contribution is 0.566. The van der Waals surface area contributed by atoms with Crippen LogP contribution in [0.4, 0.5) is 11.4 Å². The number of rotatable bonds is 13. The first kappa shape index (κ1) is 66.0. The van der Waals surface area contributed by atoms with Crippen LogP contribution >= 0.6 is 0 Å². The van der Waals surface area contributed by atoms with Gasteiger partial charge in [0.1, 0.15) is 0 Å². The number of aromatic nitrogens is 3. The lowest BCUT2D eigenvalue weighted by Crippen LogP contribution is -2.18. The summed E-state index contributed by atoms with van der Waals surface area (Å²) in [7, 11) is 2.20. The first-order valence-corrected chi connectivity index (χ1v) is 39.6. The molecule has 4 unspecified atom stereocenters. The topological polar surface area (TPSA) is 26.8 Å². The number of hydrogen-bond donors (Lipinski definition) is 1. The SMILES string of the molecule is CCc1c(-c2ccccc2Nc2cccc(-c3cccc(-c4ccccc4)c3)c2)cccc1-n1c2cc3c(cc2c2c(-c4cccc(-c5cccc(-c6cccc(CC7c8ccc(-n9c%10ccccc%10c%10cc%11c%12ccccc%12n(C)c%11cc%109)cc8-c8ccccc8C7C)c6)c5)c4)cccc21)-c1ccccc1C(C)C3C. The third kappa shape index (κ3) is 10.9. The van der Waals surface area contributed by atoms with Gasteiger partial charge in [0.05, 0.1) is 27.6 Å². The molecular weight excluding hydrogens is 1340 g/mol. The molecule has 3 heterocycles. The summed E-state index contributed by atoms with van der Waals surface area (Å²) in [5, 5.41) is 11.6. The second-order valence-electron chi connectivity index (χ2n) is 31.1. The van der Waals surface area contributed by atoms with Crippen molar-refractivity contribution < 1.29 is 0 Å². The number of nitrogens with one attached hydrogen (secondary N) is 1. The van der Waals surface area contributed by atoms with E-state index in [2.05, 4.69) is 406 Å². The molecule has 0 bridgehead atoms. The van der Waals surface area contributed by atoms with E-state index in [-0.39, 0.29) is 5.92 Å². The van der Waals surface area contributed by atoms with Gasteiger partial charge in [-0.3, -0.25) is 0 Å². The Morgan fingerprint density at radius 1 is 0.288 bits per heavy atom. The Bertz CT molecular complexity index is 6970. The van der Waals surface area contributed by atoms with Crippen molar-refractivity contribution in [1.29, 1.82) is 0 Å². The average Bonchev–Trinajstić information content (AvgIpc) is 1.55. The highest BCUT2D eigenvalue weighted by Crippen LogP contribution is 2.53. The Labute approximate surface area is 648 Å². The van der Waals surface area contributed by atoms with Gasteiger partial charge in [0.15, 0.2) is 0 Å². The third-order valence-corrected chi connectivity index (χ3v) is 25.2. The molecule has 0 fully saturated rings. The van der Waals surface area contributed by atoms with E-state index in [1.54, 1.807) is 0 Å². The highest BCUT2D eigenvalue weighted by atomic mass is 15.0. The predicted molar refractivity (Wildman–Crippen MR) is 470 cm³/mol. The molecule has 3 aromatic heterocycles. The van der Waals surface area contributed by atoms with E-state index in [1.165, 1.54) is 199 Å². The molecule has 111 heavy (non-hydrogen) atoms. The normalized spacial score (nSPS) is 15.1. The zero-order valence-corrected chi connectivity index (χ0v) is 63.1. The maximum atomic E-state index is 3.93. The van der Waals surface area contributed by atoms with Crippen molar-refractivity contribution in [2.75, 3.05) is 5.32 Å².